The van der Waals surface area contributed by atoms with Gasteiger partial charge in [0.1, 0.15) is 11.3 Å². The summed E-state index contributed by atoms with van der Waals surface area (Å²) in [6, 6.07) is 10.1. The van der Waals surface area contributed by atoms with E-state index in [9.17, 15) is 0 Å². The van der Waals surface area contributed by atoms with Gasteiger partial charge in [0, 0.05) is 30.2 Å². The van der Waals surface area contributed by atoms with Crippen LogP contribution in [0.4, 0.5) is 0 Å². The number of imidazole rings is 1. The van der Waals surface area contributed by atoms with Gasteiger partial charge in [0.15, 0.2) is 0 Å². The van der Waals surface area contributed by atoms with E-state index in [-0.39, 0.29) is 0 Å². The molecule has 0 radical (unpaired) electrons. The second kappa shape index (κ2) is 5.06. The van der Waals surface area contributed by atoms with E-state index in [2.05, 4.69) is 27.4 Å². The lowest BCUT2D eigenvalue weighted by Gasteiger charge is -2.00. The summed E-state index contributed by atoms with van der Waals surface area (Å²) < 4.78 is 5.72. The van der Waals surface area contributed by atoms with Gasteiger partial charge < -0.3 is 14.7 Å². The first-order valence-corrected chi connectivity index (χ1v) is 6.07. The number of hydrogen-bond donors (Lipinski definition) is 2. The van der Waals surface area contributed by atoms with E-state index in [0.29, 0.717) is 0 Å². The van der Waals surface area contributed by atoms with Gasteiger partial charge in [0.05, 0.1) is 12.9 Å². The van der Waals surface area contributed by atoms with Gasteiger partial charge in [-0.15, -0.1) is 0 Å². The van der Waals surface area contributed by atoms with Crippen molar-refractivity contribution < 1.29 is 4.42 Å². The molecule has 0 spiro atoms. The van der Waals surface area contributed by atoms with Gasteiger partial charge in [0.25, 0.3) is 0 Å². The second-order valence-corrected chi connectivity index (χ2v) is 4.25. The molecule has 1 aromatic carbocycles. The fourth-order valence-corrected chi connectivity index (χ4v) is 1.98. The molecule has 0 fully saturated rings. The molecule has 0 bridgehead atoms. The third kappa shape index (κ3) is 2.43. The molecule has 18 heavy (non-hydrogen) atoms. The molecule has 4 nitrogen and oxygen atoms in total. The van der Waals surface area contributed by atoms with Crippen molar-refractivity contribution >= 4 is 11.0 Å². The van der Waals surface area contributed by atoms with E-state index in [1.165, 1.54) is 0 Å². The van der Waals surface area contributed by atoms with E-state index in [1.54, 1.807) is 6.33 Å². The first-order chi connectivity index (χ1) is 8.92. The van der Waals surface area contributed by atoms with Crippen LogP contribution in [0.1, 0.15) is 11.5 Å². The van der Waals surface area contributed by atoms with E-state index in [4.69, 9.17) is 4.42 Å². The molecule has 92 valence electrons. The van der Waals surface area contributed by atoms with Gasteiger partial charge in [-0.05, 0) is 12.1 Å². The minimum absolute atomic E-state index is 0.753. The fourth-order valence-electron chi connectivity index (χ4n) is 1.98. The Balaban J connectivity index is 1.53. The number of benzene rings is 1. The van der Waals surface area contributed by atoms with Crippen molar-refractivity contribution in [2.45, 2.75) is 13.0 Å². The summed E-state index contributed by atoms with van der Waals surface area (Å²) in [4.78, 5) is 7.07. The minimum atomic E-state index is 0.753. The predicted octanol–water partition coefficient (Wildman–Crippen LogP) is 2.49. The molecule has 0 saturated heterocycles. The van der Waals surface area contributed by atoms with Crippen molar-refractivity contribution in [1.29, 1.82) is 0 Å². The molecule has 3 rings (SSSR count). The third-order valence-corrected chi connectivity index (χ3v) is 2.90. The molecule has 0 aliphatic heterocycles. The zero-order chi connectivity index (χ0) is 12.2. The Morgan fingerprint density at radius 1 is 1.28 bits per heavy atom. The van der Waals surface area contributed by atoms with E-state index >= 15 is 0 Å². The predicted molar refractivity (Wildman–Crippen MR) is 70.2 cm³/mol. The number of aromatic amines is 1. The molecular formula is C14H15N3O. The Bertz CT molecular complexity index is 580. The number of furan rings is 1. The molecule has 0 amide bonds. The third-order valence-electron chi connectivity index (χ3n) is 2.90. The van der Waals surface area contributed by atoms with Gasteiger partial charge in [-0.1, -0.05) is 18.2 Å². The Kier molecular flexibility index (Phi) is 3.10. The van der Waals surface area contributed by atoms with Crippen LogP contribution in [0.25, 0.3) is 11.0 Å². The molecule has 0 aliphatic rings. The summed E-state index contributed by atoms with van der Waals surface area (Å²) >= 11 is 0. The number of para-hydroxylation sites is 1. The van der Waals surface area contributed by atoms with Gasteiger partial charge in [-0.3, -0.25) is 0 Å². The Morgan fingerprint density at radius 3 is 3.06 bits per heavy atom. The Hall–Kier alpha value is -2.07. The number of nitrogens with zero attached hydrogens (tertiary/aromatic N) is 1. The van der Waals surface area contributed by atoms with E-state index < -0.39 is 0 Å². The van der Waals surface area contributed by atoms with Crippen molar-refractivity contribution in [2.75, 3.05) is 6.54 Å². The van der Waals surface area contributed by atoms with Crippen LogP contribution in [0.5, 0.6) is 0 Å². The van der Waals surface area contributed by atoms with Crippen LogP contribution < -0.4 is 5.32 Å². The Morgan fingerprint density at radius 2 is 2.22 bits per heavy atom. The van der Waals surface area contributed by atoms with Crippen LogP contribution in [0.15, 0.2) is 47.3 Å². The minimum Gasteiger partial charge on any atom is -0.460 e. The quantitative estimate of drug-likeness (QED) is 0.675. The smallest absolute Gasteiger partial charge is 0.134 e. The van der Waals surface area contributed by atoms with Crippen molar-refractivity contribution in [1.82, 2.24) is 15.3 Å². The number of rotatable bonds is 5. The molecule has 2 heterocycles. The fraction of sp³-hybridized carbons (Fsp3) is 0.214. The summed E-state index contributed by atoms with van der Waals surface area (Å²) in [6.45, 7) is 1.65. The van der Waals surface area contributed by atoms with Crippen molar-refractivity contribution in [2.24, 2.45) is 0 Å². The maximum absolute atomic E-state index is 5.72. The number of fused-ring (bicyclic) bond motifs is 1. The van der Waals surface area contributed by atoms with Gasteiger partial charge in [-0.25, -0.2) is 4.98 Å². The van der Waals surface area contributed by atoms with Crippen LogP contribution in [0, 0.1) is 0 Å². The summed E-state index contributed by atoms with van der Waals surface area (Å²) in [6.07, 6.45) is 4.50. The van der Waals surface area contributed by atoms with Crippen molar-refractivity contribution in [3.8, 4) is 0 Å². The summed E-state index contributed by atoms with van der Waals surface area (Å²) in [5, 5.41) is 4.51. The normalized spacial score (nSPS) is 11.1. The summed E-state index contributed by atoms with van der Waals surface area (Å²) in [5.74, 6) is 0.973. The maximum Gasteiger partial charge on any atom is 0.134 e. The average Bonchev–Trinajstić information content (AvgIpc) is 3.03. The first kappa shape index (κ1) is 11.0. The largest absolute Gasteiger partial charge is 0.460 e. The number of H-pyrrole nitrogens is 1. The zero-order valence-electron chi connectivity index (χ0n) is 10.0. The summed E-state index contributed by atoms with van der Waals surface area (Å²) in [7, 11) is 0. The highest BCUT2D eigenvalue weighted by molar-refractivity contribution is 5.77. The SMILES string of the molecule is c1ccc2oc(CNCCc3cnc[nH]3)cc2c1. The van der Waals surface area contributed by atoms with Gasteiger partial charge in [-0.2, -0.15) is 0 Å². The van der Waals surface area contributed by atoms with Crippen LogP contribution in [-0.2, 0) is 13.0 Å². The first-order valence-electron chi connectivity index (χ1n) is 6.07. The molecule has 0 atom stereocenters. The number of aromatic nitrogens is 2. The molecular weight excluding hydrogens is 226 g/mol. The van der Waals surface area contributed by atoms with E-state index in [0.717, 1.165) is 41.9 Å². The van der Waals surface area contributed by atoms with Crippen molar-refractivity contribution in [3.05, 3.63) is 54.3 Å². The Labute approximate surface area is 105 Å². The van der Waals surface area contributed by atoms with Crippen LogP contribution in [0.2, 0.25) is 0 Å². The maximum atomic E-state index is 5.72. The van der Waals surface area contributed by atoms with Crippen molar-refractivity contribution in [3.63, 3.8) is 0 Å². The van der Waals surface area contributed by atoms with E-state index in [1.807, 2.05) is 24.4 Å². The van der Waals surface area contributed by atoms with Crippen LogP contribution >= 0.6 is 0 Å². The monoisotopic (exact) mass is 241 g/mol. The standard InChI is InChI=1S/C14H15N3O/c1-2-4-14-11(3-1)7-13(18-14)9-15-6-5-12-8-16-10-17-12/h1-4,7-8,10,15H,5-6,9H2,(H,16,17). The molecule has 2 N–H and O–H groups in total. The van der Waals surface area contributed by atoms with Gasteiger partial charge >= 0.3 is 0 Å². The number of nitrogens with one attached hydrogen (secondary N) is 2. The highest BCUT2D eigenvalue weighted by Crippen LogP contribution is 2.18. The molecule has 2 aromatic heterocycles. The molecule has 3 aromatic rings. The topological polar surface area (TPSA) is 53.9 Å². The highest BCUT2D eigenvalue weighted by Gasteiger charge is 2.02. The lowest BCUT2D eigenvalue weighted by atomic mass is 10.2. The van der Waals surface area contributed by atoms with Crippen LogP contribution in [0.3, 0.4) is 0 Å². The lowest BCUT2D eigenvalue weighted by Crippen LogP contribution is -2.16. The number of hydrogen-bond acceptors (Lipinski definition) is 3. The van der Waals surface area contributed by atoms with Crippen LogP contribution in [-0.4, -0.2) is 16.5 Å². The van der Waals surface area contributed by atoms with Gasteiger partial charge in [0.2, 0.25) is 0 Å². The average molecular weight is 241 g/mol. The second-order valence-electron chi connectivity index (χ2n) is 4.25. The lowest BCUT2D eigenvalue weighted by molar-refractivity contribution is 0.514. The summed E-state index contributed by atoms with van der Waals surface area (Å²) in [5.41, 5.74) is 2.09. The zero-order valence-corrected chi connectivity index (χ0v) is 10.0. The molecule has 0 aliphatic carbocycles. The molecule has 4 heteroatoms. The molecule has 0 saturated carbocycles. The highest BCUT2D eigenvalue weighted by atomic mass is 16.3. The molecule has 0 unspecified atom stereocenters.